The van der Waals surface area contributed by atoms with E-state index in [0.717, 1.165) is 18.2 Å². The molecule has 0 saturated carbocycles. The first-order chi connectivity index (χ1) is 7.57. The lowest BCUT2D eigenvalue weighted by atomic mass is 10.0. The van der Waals surface area contributed by atoms with Crippen LogP contribution in [0.15, 0.2) is 18.2 Å². The third-order valence-corrected chi connectivity index (χ3v) is 1.90. The zero-order valence-corrected chi connectivity index (χ0v) is 7.70. The number of nitro groups is 1. The van der Waals surface area contributed by atoms with Crippen LogP contribution in [0.2, 0.25) is 0 Å². The van der Waals surface area contributed by atoms with Crippen LogP contribution in [0.1, 0.15) is 13.9 Å². The number of rotatable bonds is 3. The van der Waals surface area contributed by atoms with Gasteiger partial charge in [-0.15, -0.1) is 0 Å². The number of benzene rings is 1. The minimum absolute atomic E-state index is 0.165. The van der Waals surface area contributed by atoms with Crippen LogP contribution in [0.25, 0.3) is 0 Å². The first kappa shape index (κ1) is 8.72. The van der Waals surface area contributed by atoms with Gasteiger partial charge in [0.1, 0.15) is 6.56 Å². The normalized spacial score (nSPS) is 14.4. The topological polar surface area (TPSA) is 63.4 Å². The average Bonchev–Trinajstić information content (AvgIpc) is 2.15. The van der Waals surface area contributed by atoms with Crippen molar-refractivity contribution >= 4 is 5.69 Å². The lowest BCUT2D eigenvalue weighted by Gasteiger charge is -2.15. The van der Waals surface area contributed by atoms with Gasteiger partial charge in [0.2, 0.25) is 0 Å². The number of aliphatic hydroxyl groups is 1. The Morgan fingerprint density at radius 3 is 2.67 bits per heavy atom. The molecule has 0 aliphatic carbocycles. The van der Waals surface area contributed by atoms with Gasteiger partial charge >= 0.3 is 0 Å². The van der Waals surface area contributed by atoms with Crippen LogP contribution < -0.4 is 0 Å². The van der Waals surface area contributed by atoms with Crippen LogP contribution in [-0.4, -0.2) is 16.6 Å². The van der Waals surface area contributed by atoms with Crippen molar-refractivity contribution < 1.29 is 21.6 Å². The van der Waals surface area contributed by atoms with Crippen molar-refractivity contribution in [2.75, 3.05) is 6.56 Å². The molecule has 0 atom stereocenters. The summed E-state index contributed by atoms with van der Waals surface area (Å²) in [6.45, 7) is -2.55. The van der Waals surface area contributed by atoms with Gasteiger partial charge in [-0.25, -0.2) is 0 Å². The van der Waals surface area contributed by atoms with E-state index in [1.807, 2.05) is 0 Å². The van der Waals surface area contributed by atoms with E-state index in [0.29, 0.717) is 0 Å². The fourth-order valence-corrected chi connectivity index (χ4v) is 1.17. The number of non-ortho nitro benzene ring substituents is 1. The Hall–Kier alpha value is -1.56. The number of aryl methyl sites for hydroxylation is 1. The van der Waals surface area contributed by atoms with Gasteiger partial charge in [0, 0.05) is 17.7 Å². The summed E-state index contributed by atoms with van der Waals surface area (Å²) in [5.74, 6) is -4.13. The molecule has 0 aliphatic heterocycles. The second-order valence-corrected chi connectivity index (χ2v) is 2.94. The zero-order chi connectivity index (χ0) is 13.4. The summed E-state index contributed by atoms with van der Waals surface area (Å²) in [5, 5.41) is 19.2. The molecule has 0 aromatic heterocycles. The second-order valence-electron chi connectivity index (χ2n) is 2.94. The van der Waals surface area contributed by atoms with E-state index in [4.69, 9.17) is 7.85 Å². The van der Waals surface area contributed by atoms with Gasteiger partial charge in [-0.05, 0) is 18.6 Å². The molecule has 4 nitrogen and oxygen atoms in total. The molecule has 82 valence electrons. The predicted molar refractivity (Wildman–Crippen MR) is 48.8 cm³/mol. The molecule has 0 unspecified atom stereocenters. The molecule has 0 saturated heterocycles. The van der Waals surface area contributed by atoms with Crippen molar-refractivity contribution in [3.05, 3.63) is 39.4 Å². The molecule has 1 aromatic rings. The molecule has 0 fully saturated rings. The molecule has 1 rings (SSSR count). The van der Waals surface area contributed by atoms with Gasteiger partial charge in [-0.1, -0.05) is 0 Å². The molecule has 1 N–H and O–H groups in total. The van der Waals surface area contributed by atoms with Gasteiger partial charge in [0.25, 0.3) is 11.6 Å². The second kappa shape index (κ2) is 3.90. The molecule has 15 heavy (non-hydrogen) atoms. The quantitative estimate of drug-likeness (QED) is 0.624. The molecule has 0 aliphatic rings. The van der Waals surface area contributed by atoms with Crippen LogP contribution in [-0.2, 0) is 5.92 Å². The van der Waals surface area contributed by atoms with Crippen molar-refractivity contribution in [3.8, 4) is 0 Å². The van der Waals surface area contributed by atoms with Gasteiger partial charge < -0.3 is 5.11 Å². The first-order valence-corrected chi connectivity index (χ1v) is 3.93. The standard InChI is InChI=1S/C9H9F2NO3/c1-6-4-7(12(14)15)2-3-8(6)9(10,11)5-13/h2-4,13H,5H2,1H3/i5D2. The Balaban J connectivity index is 3.30. The maximum Gasteiger partial charge on any atom is 0.296 e. The highest BCUT2D eigenvalue weighted by atomic mass is 19.3. The van der Waals surface area contributed by atoms with E-state index in [2.05, 4.69) is 0 Å². The summed E-state index contributed by atoms with van der Waals surface area (Å²) in [5.41, 5.74) is -1.32. The van der Waals surface area contributed by atoms with E-state index in [1.165, 1.54) is 6.92 Å². The highest BCUT2D eigenvalue weighted by Crippen LogP contribution is 2.31. The average molecular weight is 219 g/mol. The Kier molecular flexibility index (Phi) is 2.27. The van der Waals surface area contributed by atoms with Crippen molar-refractivity contribution in [2.45, 2.75) is 12.8 Å². The summed E-state index contributed by atoms with van der Waals surface area (Å²) in [6, 6.07) is 2.47. The third kappa shape index (κ3) is 2.27. The largest absolute Gasteiger partial charge is 0.390 e. The minimum atomic E-state index is -4.13. The van der Waals surface area contributed by atoms with E-state index in [-0.39, 0.29) is 11.3 Å². The Morgan fingerprint density at radius 1 is 1.67 bits per heavy atom. The molecule has 0 spiro atoms. The number of hydrogen-bond donors (Lipinski definition) is 1. The number of nitrogens with zero attached hydrogens (tertiary/aromatic N) is 1. The lowest BCUT2D eigenvalue weighted by molar-refractivity contribution is -0.384. The Labute approximate surface area is 87.1 Å². The summed E-state index contributed by atoms with van der Waals surface area (Å²) in [4.78, 5) is 9.66. The van der Waals surface area contributed by atoms with Gasteiger partial charge in [-0.2, -0.15) is 8.78 Å². The van der Waals surface area contributed by atoms with Crippen molar-refractivity contribution in [1.82, 2.24) is 0 Å². The molecule has 6 heteroatoms. The summed E-state index contributed by atoms with van der Waals surface area (Å²) < 4.78 is 40.2. The third-order valence-electron chi connectivity index (χ3n) is 1.90. The molecule has 0 bridgehead atoms. The number of halogens is 2. The van der Waals surface area contributed by atoms with E-state index >= 15 is 0 Å². The van der Waals surface area contributed by atoms with Crippen LogP contribution in [0.5, 0.6) is 0 Å². The monoisotopic (exact) mass is 219 g/mol. The minimum Gasteiger partial charge on any atom is -0.390 e. The molecule has 0 heterocycles. The zero-order valence-electron chi connectivity index (χ0n) is 9.70. The van der Waals surface area contributed by atoms with Crippen molar-refractivity contribution in [3.63, 3.8) is 0 Å². The SMILES string of the molecule is [2H]C([2H])(O)C(F)(F)c1ccc([N+](=O)[O-])cc1C. The number of nitro benzene ring substituents is 1. The summed E-state index contributed by atoms with van der Waals surface area (Å²) >= 11 is 0. The van der Waals surface area contributed by atoms with Crippen LogP contribution >= 0.6 is 0 Å². The smallest absolute Gasteiger partial charge is 0.296 e. The maximum absolute atomic E-state index is 13.5. The van der Waals surface area contributed by atoms with Crippen LogP contribution in [0, 0.1) is 17.0 Å². The highest BCUT2D eigenvalue weighted by Gasteiger charge is 2.32. The maximum atomic E-state index is 13.5. The number of hydrogen-bond acceptors (Lipinski definition) is 3. The number of alkyl halides is 2. The summed E-state index contributed by atoms with van der Waals surface area (Å²) in [6.07, 6.45) is 0. The summed E-state index contributed by atoms with van der Waals surface area (Å²) in [7, 11) is 0. The van der Waals surface area contributed by atoms with Crippen molar-refractivity contribution in [2.24, 2.45) is 0 Å². The molecule has 0 amide bonds. The van der Waals surface area contributed by atoms with Crippen molar-refractivity contribution in [1.29, 1.82) is 0 Å². The fourth-order valence-electron chi connectivity index (χ4n) is 1.17. The fraction of sp³-hybridized carbons (Fsp3) is 0.333. The first-order valence-electron chi connectivity index (χ1n) is 4.93. The molecule has 0 radical (unpaired) electrons. The van der Waals surface area contributed by atoms with E-state index < -0.39 is 23.0 Å². The van der Waals surface area contributed by atoms with Gasteiger partial charge in [0.15, 0.2) is 0 Å². The van der Waals surface area contributed by atoms with Gasteiger partial charge in [0.05, 0.1) is 7.66 Å². The van der Waals surface area contributed by atoms with E-state index in [9.17, 15) is 18.9 Å². The predicted octanol–water partition coefficient (Wildman–Crippen LogP) is 1.99. The molecular weight excluding hydrogens is 208 g/mol. The lowest BCUT2D eigenvalue weighted by Crippen LogP contribution is -2.19. The highest BCUT2D eigenvalue weighted by molar-refractivity contribution is 5.41. The van der Waals surface area contributed by atoms with Crippen LogP contribution in [0.3, 0.4) is 0 Å². The molecule has 1 aromatic carbocycles. The van der Waals surface area contributed by atoms with Crippen LogP contribution in [0.4, 0.5) is 14.5 Å². The van der Waals surface area contributed by atoms with Gasteiger partial charge in [-0.3, -0.25) is 10.1 Å². The Morgan fingerprint density at radius 2 is 2.27 bits per heavy atom. The van der Waals surface area contributed by atoms with E-state index in [1.54, 1.807) is 0 Å². The Bertz CT molecular complexity index is 460. The molecular formula is C9H9F2NO3.